The fourth-order valence-electron chi connectivity index (χ4n) is 2.09. The van der Waals surface area contributed by atoms with Crippen LogP contribution in [0.3, 0.4) is 0 Å². The third-order valence-corrected chi connectivity index (χ3v) is 3.37. The molecule has 0 saturated heterocycles. The Morgan fingerprint density at radius 2 is 1.83 bits per heavy atom. The minimum atomic E-state index is -0.203. The van der Waals surface area contributed by atoms with Gasteiger partial charge in [-0.15, -0.1) is 0 Å². The Morgan fingerprint density at radius 3 is 2.46 bits per heavy atom. The second-order valence-electron chi connectivity index (χ2n) is 5.08. The molecule has 0 saturated carbocycles. The van der Waals surface area contributed by atoms with E-state index < -0.39 is 0 Å². The molecule has 0 fully saturated rings. The number of aromatic hydroxyl groups is 1. The number of aliphatic imine (C=N–C) groups is 1. The number of aryl methyl sites for hydroxylation is 1. The number of hydrogen-bond donors (Lipinski definition) is 2. The van der Waals surface area contributed by atoms with Gasteiger partial charge in [0, 0.05) is 23.5 Å². The maximum atomic E-state index is 10.0. The van der Waals surface area contributed by atoms with Crippen LogP contribution in [-0.4, -0.2) is 41.2 Å². The van der Waals surface area contributed by atoms with Crippen molar-refractivity contribution >= 4 is 6.21 Å². The Kier molecular flexibility index (Phi) is 6.57. The number of ether oxygens (including phenoxy) is 2. The fourth-order valence-corrected chi connectivity index (χ4v) is 2.09. The van der Waals surface area contributed by atoms with Gasteiger partial charge in [-0.3, -0.25) is 9.98 Å². The Hall–Kier alpha value is -2.60. The molecule has 6 nitrogen and oxygen atoms in total. The van der Waals surface area contributed by atoms with E-state index >= 15 is 0 Å². The van der Waals surface area contributed by atoms with Crippen LogP contribution in [0.25, 0.3) is 0 Å². The molecule has 1 aromatic carbocycles. The van der Waals surface area contributed by atoms with Gasteiger partial charge in [0.15, 0.2) is 0 Å². The number of aliphatic hydroxyl groups is 1. The van der Waals surface area contributed by atoms with Crippen molar-refractivity contribution in [3.8, 4) is 17.2 Å². The van der Waals surface area contributed by atoms with E-state index in [0.29, 0.717) is 36.6 Å². The standard InChI is InChI=1S/C18H22N2O4/c1-3-23-15-4-6-16(7-5-15)24-9-8-19-11-17-14(12-21)10-20-13(2)18(17)22/h4-7,10-11,21-22H,3,8-9,12H2,1-2H3. The van der Waals surface area contributed by atoms with Gasteiger partial charge >= 0.3 is 0 Å². The third kappa shape index (κ3) is 4.70. The van der Waals surface area contributed by atoms with Crippen LogP contribution in [0, 0.1) is 6.92 Å². The number of aliphatic hydroxyl groups excluding tert-OH is 1. The molecular formula is C18H22N2O4. The van der Waals surface area contributed by atoms with E-state index in [-0.39, 0.29) is 12.4 Å². The molecule has 0 aliphatic carbocycles. The highest BCUT2D eigenvalue weighted by Crippen LogP contribution is 2.22. The van der Waals surface area contributed by atoms with Crippen molar-refractivity contribution in [2.75, 3.05) is 19.8 Å². The first-order valence-electron chi connectivity index (χ1n) is 7.79. The van der Waals surface area contributed by atoms with Crippen molar-refractivity contribution in [2.45, 2.75) is 20.5 Å². The molecule has 0 bridgehead atoms. The first kappa shape index (κ1) is 17.7. The predicted molar refractivity (Wildman–Crippen MR) is 92.1 cm³/mol. The number of rotatable bonds is 8. The topological polar surface area (TPSA) is 84.2 Å². The second-order valence-corrected chi connectivity index (χ2v) is 5.08. The molecule has 0 radical (unpaired) electrons. The van der Waals surface area contributed by atoms with Crippen LogP contribution in [0.2, 0.25) is 0 Å². The van der Waals surface area contributed by atoms with E-state index in [4.69, 9.17) is 9.47 Å². The highest BCUT2D eigenvalue weighted by atomic mass is 16.5. The largest absolute Gasteiger partial charge is 0.505 e. The lowest BCUT2D eigenvalue weighted by Gasteiger charge is -2.08. The molecule has 0 amide bonds. The van der Waals surface area contributed by atoms with Gasteiger partial charge in [-0.2, -0.15) is 0 Å². The van der Waals surface area contributed by atoms with Crippen molar-refractivity contribution in [3.63, 3.8) is 0 Å². The minimum absolute atomic E-state index is 0.0396. The monoisotopic (exact) mass is 330 g/mol. The van der Waals surface area contributed by atoms with Gasteiger partial charge in [0.25, 0.3) is 0 Å². The van der Waals surface area contributed by atoms with Crippen LogP contribution in [-0.2, 0) is 6.61 Å². The minimum Gasteiger partial charge on any atom is -0.505 e. The predicted octanol–water partition coefficient (Wildman–Crippen LogP) is 2.48. The molecule has 2 aromatic rings. The zero-order valence-electron chi connectivity index (χ0n) is 13.9. The Balaban J connectivity index is 1.88. The van der Waals surface area contributed by atoms with E-state index in [2.05, 4.69) is 9.98 Å². The lowest BCUT2D eigenvalue weighted by molar-refractivity contribution is 0.280. The fraction of sp³-hybridized carbons (Fsp3) is 0.333. The van der Waals surface area contributed by atoms with Crippen LogP contribution in [0.4, 0.5) is 0 Å². The van der Waals surface area contributed by atoms with E-state index in [1.54, 1.807) is 6.92 Å². The Labute approximate surface area is 141 Å². The van der Waals surface area contributed by atoms with E-state index in [0.717, 1.165) is 11.5 Å². The average molecular weight is 330 g/mol. The molecule has 6 heteroatoms. The first-order chi connectivity index (χ1) is 11.7. The first-order valence-corrected chi connectivity index (χ1v) is 7.79. The maximum Gasteiger partial charge on any atom is 0.145 e. The summed E-state index contributed by atoms with van der Waals surface area (Å²) in [4.78, 5) is 8.25. The molecule has 1 aromatic heterocycles. The Bertz CT molecular complexity index is 684. The van der Waals surface area contributed by atoms with Gasteiger partial charge < -0.3 is 19.7 Å². The summed E-state index contributed by atoms with van der Waals surface area (Å²) >= 11 is 0. The summed E-state index contributed by atoms with van der Waals surface area (Å²) in [6.45, 7) is 4.90. The molecule has 0 aliphatic rings. The summed E-state index contributed by atoms with van der Waals surface area (Å²) < 4.78 is 11.0. The highest BCUT2D eigenvalue weighted by molar-refractivity contribution is 5.85. The van der Waals surface area contributed by atoms with Crippen LogP contribution >= 0.6 is 0 Å². The molecular weight excluding hydrogens is 308 g/mol. The molecule has 0 aliphatic heterocycles. The van der Waals surface area contributed by atoms with Gasteiger partial charge in [-0.1, -0.05) is 0 Å². The smallest absolute Gasteiger partial charge is 0.145 e. The van der Waals surface area contributed by atoms with Gasteiger partial charge in [0.2, 0.25) is 0 Å². The molecule has 128 valence electrons. The lowest BCUT2D eigenvalue weighted by Crippen LogP contribution is -2.03. The number of aromatic nitrogens is 1. The van der Waals surface area contributed by atoms with Crippen molar-refractivity contribution in [3.05, 3.63) is 47.3 Å². The maximum absolute atomic E-state index is 10.0. The number of pyridine rings is 1. The van der Waals surface area contributed by atoms with Gasteiger partial charge in [0.05, 0.1) is 25.5 Å². The van der Waals surface area contributed by atoms with Gasteiger partial charge in [0.1, 0.15) is 23.9 Å². The van der Waals surface area contributed by atoms with E-state index in [1.165, 1.54) is 12.4 Å². The van der Waals surface area contributed by atoms with Crippen molar-refractivity contribution in [1.29, 1.82) is 0 Å². The van der Waals surface area contributed by atoms with Crippen molar-refractivity contribution < 1.29 is 19.7 Å². The molecule has 0 spiro atoms. The zero-order valence-corrected chi connectivity index (χ0v) is 13.9. The summed E-state index contributed by atoms with van der Waals surface area (Å²) in [6.07, 6.45) is 3.07. The molecule has 1 heterocycles. The second kappa shape index (κ2) is 8.88. The summed E-state index contributed by atoms with van der Waals surface area (Å²) in [7, 11) is 0. The number of hydrogen-bond acceptors (Lipinski definition) is 6. The number of benzene rings is 1. The van der Waals surface area contributed by atoms with Gasteiger partial charge in [-0.05, 0) is 38.1 Å². The van der Waals surface area contributed by atoms with Crippen LogP contribution in [0.5, 0.6) is 17.2 Å². The zero-order chi connectivity index (χ0) is 17.4. The molecule has 2 rings (SSSR count). The van der Waals surface area contributed by atoms with Gasteiger partial charge in [-0.25, -0.2) is 0 Å². The molecule has 0 atom stereocenters. The summed E-state index contributed by atoms with van der Waals surface area (Å²) in [5, 5.41) is 19.3. The lowest BCUT2D eigenvalue weighted by atomic mass is 10.1. The molecule has 24 heavy (non-hydrogen) atoms. The average Bonchev–Trinajstić information content (AvgIpc) is 2.60. The van der Waals surface area contributed by atoms with Crippen LogP contribution in [0.1, 0.15) is 23.7 Å². The third-order valence-electron chi connectivity index (χ3n) is 3.37. The van der Waals surface area contributed by atoms with E-state index in [9.17, 15) is 10.2 Å². The SMILES string of the molecule is CCOc1ccc(OCCN=Cc2c(CO)cnc(C)c2O)cc1. The van der Waals surface area contributed by atoms with Crippen LogP contribution in [0.15, 0.2) is 35.5 Å². The Morgan fingerprint density at radius 1 is 1.17 bits per heavy atom. The quantitative estimate of drug-likeness (QED) is 0.574. The molecule has 0 unspecified atom stereocenters. The van der Waals surface area contributed by atoms with E-state index in [1.807, 2.05) is 31.2 Å². The summed E-state index contributed by atoms with van der Waals surface area (Å²) in [5.41, 5.74) is 1.53. The summed E-state index contributed by atoms with van der Waals surface area (Å²) in [6, 6.07) is 7.40. The highest BCUT2D eigenvalue weighted by Gasteiger charge is 2.08. The van der Waals surface area contributed by atoms with Crippen molar-refractivity contribution in [2.24, 2.45) is 4.99 Å². The molecule has 2 N–H and O–H groups in total. The number of nitrogens with zero attached hydrogens (tertiary/aromatic N) is 2. The van der Waals surface area contributed by atoms with Crippen molar-refractivity contribution in [1.82, 2.24) is 4.98 Å². The summed E-state index contributed by atoms with van der Waals surface area (Å²) in [5.74, 6) is 1.59. The van der Waals surface area contributed by atoms with Crippen LogP contribution < -0.4 is 9.47 Å². The normalized spacial score (nSPS) is 11.0.